The summed E-state index contributed by atoms with van der Waals surface area (Å²) < 4.78 is 18.0. The third kappa shape index (κ3) is 7.30. The highest BCUT2D eigenvalue weighted by Gasteiger charge is 2.36. The first kappa shape index (κ1) is 28.8. The number of hydrogen-bond acceptors (Lipinski definition) is 8. The molecule has 196 valence electrons. The molecule has 0 aliphatic heterocycles. The summed E-state index contributed by atoms with van der Waals surface area (Å²) in [6.07, 6.45) is -1.98. The molecule has 11 heteroatoms. The Labute approximate surface area is 216 Å². The molecule has 0 N–H and O–H groups in total. The molecule has 0 aliphatic rings. The Hall–Kier alpha value is -3.40. The topological polar surface area (TPSA) is 109 Å². The molecule has 3 aromatic rings. The number of imide groups is 1. The molecule has 2 aromatic heterocycles. The first-order valence-electron chi connectivity index (χ1n) is 11.6. The lowest BCUT2D eigenvalue weighted by Gasteiger charge is -2.28. The van der Waals surface area contributed by atoms with Gasteiger partial charge in [0.2, 0.25) is 5.28 Å². The summed E-state index contributed by atoms with van der Waals surface area (Å²) in [5, 5.41) is -0.198. The van der Waals surface area contributed by atoms with Crippen molar-refractivity contribution in [3.63, 3.8) is 0 Å². The van der Waals surface area contributed by atoms with Gasteiger partial charge in [-0.2, -0.15) is 19.9 Å². The second-order valence-corrected chi connectivity index (χ2v) is 9.79. The molecule has 0 aliphatic carbocycles. The fraction of sp³-hybridized carbons (Fsp3) is 0.480. The minimum Gasteiger partial charge on any atom is -0.468 e. The van der Waals surface area contributed by atoms with E-state index in [0.29, 0.717) is 11.4 Å². The van der Waals surface area contributed by atoms with Crippen molar-refractivity contribution < 1.29 is 23.8 Å². The number of aromatic nitrogens is 4. The average Bonchev–Trinajstić information content (AvgIpc) is 3.11. The number of hydrogen-bond donors (Lipinski definition) is 0. The van der Waals surface area contributed by atoms with Crippen molar-refractivity contribution in [1.82, 2.24) is 19.5 Å². The summed E-state index contributed by atoms with van der Waals surface area (Å²) in [6.45, 7) is 14.4. The van der Waals surface area contributed by atoms with Gasteiger partial charge in [-0.1, -0.05) is 44.2 Å². The molecule has 10 nitrogen and oxygen atoms in total. The fourth-order valence-corrected chi connectivity index (χ4v) is 3.18. The largest absolute Gasteiger partial charge is 0.468 e. The van der Waals surface area contributed by atoms with Crippen LogP contribution >= 0.6 is 11.6 Å². The molecular formula is C25H34ClN5O5. The highest BCUT2D eigenvalue weighted by molar-refractivity contribution is 6.29. The first-order valence-corrected chi connectivity index (χ1v) is 11.9. The van der Waals surface area contributed by atoms with Crippen molar-refractivity contribution in [3.8, 4) is 6.01 Å². The lowest BCUT2D eigenvalue weighted by atomic mass is 10.2. The predicted octanol–water partition coefficient (Wildman–Crippen LogP) is 6.24. The number of carbonyl (C=O) groups is 2. The monoisotopic (exact) mass is 519 g/mol. The van der Waals surface area contributed by atoms with Crippen molar-refractivity contribution in [2.45, 2.75) is 73.1 Å². The molecule has 0 saturated heterocycles. The molecule has 0 spiro atoms. The maximum atomic E-state index is 13.1. The van der Waals surface area contributed by atoms with Gasteiger partial charge in [-0.3, -0.25) is 4.57 Å². The quantitative estimate of drug-likeness (QED) is 0.372. The van der Waals surface area contributed by atoms with Crippen LogP contribution in [-0.2, 0) is 16.0 Å². The maximum Gasteiger partial charge on any atom is 0.425 e. The maximum absolute atomic E-state index is 13.1. The Balaban J connectivity index is 0.00000222. The SMILES string of the molecule is CC.COc1nc2c(N(C(=O)OC(C)(C)C)C(=O)OC(C)(C)C)nc(Cl)nc2n1Cc1ccccc1. The number of anilines is 1. The second kappa shape index (κ2) is 11.6. The van der Waals surface area contributed by atoms with E-state index < -0.39 is 23.4 Å². The predicted molar refractivity (Wildman–Crippen MR) is 139 cm³/mol. The molecule has 36 heavy (non-hydrogen) atoms. The van der Waals surface area contributed by atoms with Gasteiger partial charge >= 0.3 is 12.2 Å². The zero-order valence-corrected chi connectivity index (χ0v) is 23.0. The van der Waals surface area contributed by atoms with Crippen molar-refractivity contribution in [1.29, 1.82) is 0 Å². The standard InChI is InChI=1S/C23H28ClN5O5.C2H6/c1-22(2,3)33-20(30)29(21(31)34-23(4,5)6)17-15-16(26-18(24)27-17)28(19(25-15)32-7)13-14-11-9-8-10-12-14;1-2/h8-12H,13H2,1-7H3;1-2H3. The molecule has 3 rings (SSSR count). The Morgan fingerprint density at radius 2 is 1.44 bits per heavy atom. The van der Waals surface area contributed by atoms with Crippen LogP contribution in [0.4, 0.5) is 15.4 Å². The lowest BCUT2D eigenvalue weighted by Crippen LogP contribution is -2.44. The lowest BCUT2D eigenvalue weighted by molar-refractivity contribution is 0.0429. The van der Waals surface area contributed by atoms with Gasteiger partial charge < -0.3 is 14.2 Å². The summed E-state index contributed by atoms with van der Waals surface area (Å²) in [4.78, 5) is 39.8. The van der Waals surface area contributed by atoms with Crippen LogP contribution in [0.2, 0.25) is 5.28 Å². The van der Waals surface area contributed by atoms with E-state index in [1.165, 1.54) is 7.11 Å². The number of halogens is 1. The van der Waals surface area contributed by atoms with Crippen LogP contribution in [0, 0.1) is 0 Å². The van der Waals surface area contributed by atoms with Gasteiger partial charge in [-0.15, -0.1) is 0 Å². The Bertz CT molecular complexity index is 1170. The molecule has 0 unspecified atom stereocenters. The fourth-order valence-electron chi connectivity index (χ4n) is 3.02. The number of carbonyl (C=O) groups excluding carboxylic acids is 2. The molecular weight excluding hydrogens is 486 g/mol. The van der Waals surface area contributed by atoms with Gasteiger partial charge in [0.15, 0.2) is 17.0 Å². The molecule has 2 amide bonds. The van der Waals surface area contributed by atoms with E-state index >= 15 is 0 Å². The Kier molecular flexibility index (Phi) is 9.26. The van der Waals surface area contributed by atoms with E-state index in [2.05, 4.69) is 15.0 Å². The number of nitrogens with zero attached hydrogens (tertiary/aromatic N) is 5. The molecule has 1 aromatic carbocycles. The number of rotatable bonds is 4. The van der Waals surface area contributed by atoms with E-state index in [1.807, 2.05) is 44.2 Å². The van der Waals surface area contributed by atoms with Crippen molar-refractivity contribution in [2.24, 2.45) is 0 Å². The van der Waals surface area contributed by atoms with Crippen molar-refractivity contribution in [3.05, 3.63) is 41.2 Å². The molecule has 0 atom stereocenters. The van der Waals surface area contributed by atoms with Gasteiger partial charge in [0.05, 0.1) is 13.7 Å². The highest BCUT2D eigenvalue weighted by atomic mass is 35.5. The zero-order valence-electron chi connectivity index (χ0n) is 22.2. The summed E-state index contributed by atoms with van der Waals surface area (Å²) in [5.74, 6) is -0.177. The van der Waals surface area contributed by atoms with Crippen LogP contribution in [0.3, 0.4) is 0 Å². The first-order chi connectivity index (χ1) is 16.8. The molecule has 0 saturated carbocycles. The Morgan fingerprint density at radius 1 is 0.917 bits per heavy atom. The summed E-state index contributed by atoms with van der Waals surface area (Å²) in [5.41, 5.74) is -0.441. The number of imidazole rings is 1. The molecule has 2 heterocycles. The van der Waals surface area contributed by atoms with Gasteiger partial charge in [0.25, 0.3) is 6.01 Å². The summed E-state index contributed by atoms with van der Waals surface area (Å²) in [6, 6.07) is 9.78. The van der Waals surface area contributed by atoms with Crippen LogP contribution < -0.4 is 9.64 Å². The summed E-state index contributed by atoms with van der Waals surface area (Å²) in [7, 11) is 1.46. The number of methoxy groups -OCH3 is 1. The van der Waals surface area contributed by atoms with E-state index in [-0.39, 0.29) is 28.3 Å². The van der Waals surface area contributed by atoms with Crippen molar-refractivity contribution in [2.75, 3.05) is 12.0 Å². The Morgan fingerprint density at radius 3 is 1.92 bits per heavy atom. The smallest absolute Gasteiger partial charge is 0.425 e. The van der Waals surface area contributed by atoms with Gasteiger partial charge in [-0.25, -0.2) is 9.59 Å². The number of fused-ring (bicyclic) bond motifs is 1. The highest BCUT2D eigenvalue weighted by Crippen LogP contribution is 2.31. The van der Waals surface area contributed by atoms with Gasteiger partial charge in [0.1, 0.15) is 11.2 Å². The van der Waals surface area contributed by atoms with E-state index in [1.54, 1.807) is 46.1 Å². The number of ether oxygens (including phenoxy) is 3. The van der Waals surface area contributed by atoms with E-state index in [0.717, 1.165) is 5.56 Å². The van der Waals surface area contributed by atoms with E-state index in [9.17, 15) is 9.59 Å². The van der Waals surface area contributed by atoms with Crippen LogP contribution in [0.1, 0.15) is 61.0 Å². The van der Waals surface area contributed by atoms with Crippen LogP contribution in [0.15, 0.2) is 30.3 Å². The molecule has 0 bridgehead atoms. The number of benzene rings is 1. The van der Waals surface area contributed by atoms with Crippen LogP contribution in [0.5, 0.6) is 6.01 Å². The third-order valence-electron chi connectivity index (χ3n) is 4.24. The third-order valence-corrected chi connectivity index (χ3v) is 4.41. The molecule has 0 radical (unpaired) electrons. The average molecular weight is 520 g/mol. The van der Waals surface area contributed by atoms with Crippen molar-refractivity contribution >= 4 is 40.8 Å². The van der Waals surface area contributed by atoms with Gasteiger partial charge in [-0.05, 0) is 58.7 Å². The van der Waals surface area contributed by atoms with E-state index in [4.69, 9.17) is 25.8 Å². The number of amides is 2. The second-order valence-electron chi connectivity index (χ2n) is 9.45. The zero-order chi connectivity index (χ0) is 27.3. The van der Waals surface area contributed by atoms with Crippen LogP contribution in [0.25, 0.3) is 11.2 Å². The van der Waals surface area contributed by atoms with Gasteiger partial charge in [0, 0.05) is 0 Å². The molecule has 0 fully saturated rings. The normalized spacial score (nSPS) is 11.4. The minimum atomic E-state index is -0.991. The summed E-state index contributed by atoms with van der Waals surface area (Å²) >= 11 is 6.24. The van der Waals surface area contributed by atoms with Crippen LogP contribution in [-0.4, -0.2) is 50.0 Å². The minimum absolute atomic E-state index is 0.119.